The molecule has 1 aliphatic rings. The lowest BCUT2D eigenvalue weighted by molar-refractivity contribution is -0.122. The summed E-state index contributed by atoms with van der Waals surface area (Å²) in [7, 11) is 2.10. The predicted octanol–water partition coefficient (Wildman–Crippen LogP) is 3.31. The number of benzene rings is 1. The molecule has 2 rings (SSSR count). The quantitative estimate of drug-likeness (QED) is 0.613. The summed E-state index contributed by atoms with van der Waals surface area (Å²) in [6.07, 6.45) is 3.30. The highest BCUT2D eigenvalue weighted by Gasteiger charge is 2.38. The molecule has 0 amide bonds. The number of Topliss-reactive ketones (excluding diaryl/α,β-unsaturated/α-hetero) is 1. The molecule has 0 spiro atoms. The second-order valence-electron chi connectivity index (χ2n) is 4.41. The first-order valence-electron chi connectivity index (χ1n) is 5.62. The van der Waals surface area contributed by atoms with Crippen LogP contribution in [0.15, 0.2) is 30.3 Å². The van der Waals surface area contributed by atoms with E-state index in [-0.39, 0.29) is 5.54 Å². The zero-order valence-electron chi connectivity index (χ0n) is 9.45. The van der Waals surface area contributed by atoms with Crippen molar-refractivity contribution in [3.8, 4) is 0 Å². The molecule has 0 aliphatic heterocycles. The maximum Gasteiger partial charge on any atom is 0.133 e. The summed E-state index contributed by atoms with van der Waals surface area (Å²) in [6, 6.07) is 10.5. The van der Waals surface area contributed by atoms with Gasteiger partial charge in [-0.25, -0.2) is 3.11 Å². The molecule has 86 valence electrons. The highest BCUT2D eigenvalue weighted by molar-refractivity contribution is 14.1. The van der Waals surface area contributed by atoms with Gasteiger partial charge in [-0.05, 0) is 25.5 Å². The number of carbonyl (C=O) groups is 1. The van der Waals surface area contributed by atoms with Crippen LogP contribution in [0.5, 0.6) is 0 Å². The third-order valence-corrected chi connectivity index (χ3v) is 4.46. The first kappa shape index (κ1) is 12.0. The maximum atomic E-state index is 11.4. The van der Waals surface area contributed by atoms with Crippen LogP contribution in [-0.4, -0.2) is 15.9 Å². The van der Waals surface area contributed by atoms with Gasteiger partial charge in [-0.15, -0.1) is 0 Å². The van der Waals surface area contributed by atoms with Crippen molar-refractivity contribution < 1.29 is 4.79 Å². The number of carbonyl (C=O) groups excluding carboxylic acids is 1. The largest absolute Gasteiger partial charge is 0.300 e. The molecule has 0 atom stereocenters. The van der Waals surface area contributed by atoms with Crippen molar-refractivity contribution in [3.05, 3.63) is 35.9 Å². The molecule has 2 nitrogen and oxygen atoms in total. The first-order chi connectivity index (χ1) is 7.65. The summed E-state index contributed by atoms with van der Waals surface area (Å²) in [5.74, 6) is 0.407. The van der Waals surface area contributed by atoms with Crippen LogP contribution in [0.4, 0.5) is 0 Å². The highest BCUT2D eigenvalue weighted by Crippen LogP contribution is 2.42. The molecule has 1 aromatic carbocycles. The first-order valence-corrected chi connectivity index (χ1v) is 6.58. The Bertz CT molecular complexity index is 365. The van der Waals surface area contributed by atoms with Crippen molar-refractivity contribution in [1.82, 2.24) is 3.11 Å². The monoisotopic (exact) mass is 329 g/mol. The molecule has 0 aromatic heterocycles. The van der Waals surface area contributed by atoms with Gasteiger partial charge < -0.3 is 0 Å². The molecule has 0 saturated heterocycles. The topological polar surface area (TPSA) is 20.3 Å². The fraction of sp³-hybridized carbons (Fsp3) is 0.462. The fourth-order valence-corrected chi connectivity index (χ4v) is 3.23. The van der Waals surface area contributed by atoms with Crippen LogP contribution < -0.4 is 0 Å². The Labute approximate surface area is 111 Å². The average molecular weight is 329 g/mol. The van der Waals surface area contributed by atoms with E-state index in [1.807, 2.05) is 6.07 Å². The number of halogens is 1. The van der Waals surface area contributed by atoms with E-state index >= 15 is 0 Å². The Morgan fingerprint density at radius 1 is 1.19 bits per heavy atom. The summed E-state index contributed by atoms with van der Waals surface area (Å²) >= 11 is 2.35. The second kappa shape index (κ2) is 4.84. The molecule has 3 heteroatoms. The summed E-state index contributed by atoms with van der Waals surface area (Å²) in [6.45, 7) is 0. The normalized spacial score (nSPS) is 20.1. The van der Waals surface area contributed by atoms with Gasteiger partial charge in [-0.2, -0.15) is 0 Å². The lowest BCUT2D eigenvalue weighted by Gasteiger charge is -2.41. The van der Waals surface area contributed by atoms with Crippen LogP contribution in [0, 0.1) is 0 Å². The van der Waals surface area contributed by atoms with E-state index < -0.39 is 0 Å². The van der Waals surface area contributed by atoms with Crippen molar-refractivity contribution in [2.45, 2.75) is 31.2 Å². The van der Waals surface area contributed by atoms with Crippen LogP contribution >= 0.6 is 22.9 Å². The molecule has 0 unspecified atom stereocenters. The van der Waals surface area contributed by atoms with Crippen molar-refractivity contribution in [1.29, 1.82) is 0 Å². The molecule has 16 heavy (non-hydrogen) atoms. The van der Waals surface area contributed by atoms with E-state index in [2.05, 4.69) is 57.3 Å². The SMILES string of the molecule is CN(I)C1(c2ccccc2)CCC(=O)CC1. The van der Waals surface area contributed by atoms with Gasteiger partial charge in [0.2, 0.25) is 0 Å². The minimum absolute atomic E-state index is 0.0513. The van der Waals surface area contributed by atoms with E-state index in [4.69, 9.17) is 0 Å². The standard InChI is InChI=1S/C13H16INO/c1-15(14)13(9-7-12(16)8-10-13)11-5-3-2-4-6-11/h2-6H,7-10H2,1H3. The number of ketones is 1. The van der Waals surface area contributed by atoms with Gasteiger partial charge in [0.25, 0.3) is 0 Å². The Morgan fingerprint density at radius 3 is 2.25 bits per heavy atom. The Hall–Kier alpha value is -0.420. The molecule has 0 radical (unpaired) electrons. The average Bonchev–Trinajstić information content (AvgIpc) is 2.31. The molecule has 1 fully saturated rings. The van der Waals surface area contributed by atoms with Gasteiger partial charge in [0.15, 0.2) is 0 Å². The summed E-state index contributed by atoms with van der Waals surface area (Å²) in [5, 5.41) is 0. The highest BCUT2D eigenvalue weighted by atomic mass is 127. The molecule has 1 saturated carbocycles. The lowest BCUT2D eigenvalue weighted by Crippen LogP contribution is -2.41. The van der Waals surface area contributed by atoms with E-state index in [1.165, 1.54) is 5.56 Å². The van der Waals surface area contributed by atoms with Crippen LogP contribution in [0.3, 0.4) is 0 Å². The maximum absolute atomic E-state index is 11.4. The van der Waals surface area contributed by atoms with Crippen LogP contribution in [0.1, 0.15) is 31.2 Å². The zero-order valence-corrected chi connectivity index (χ0v) is 11.6. The van der Waals surface area contributed by atoms with E-state index in [0.717, 1.165) is 12.8 Å². The molecule has 1 aliphatic carbocycles. The molecular formula is C13H16INO. The van der Waals surface area contributed by atoms with Crippen molar-refractivity contribution in [2.24, 2.45) is 0 Å². The Kier molecular flexibility index (Phi) is 3.64. The van der Waals surface area contributed by atoms with Crippen molar-refractivity contribution >= 4 is 28.6 Å². The fourth-order valence-electron chi connectivity index (χ4n) is 2.47. The van der Waals surface area contributed by atoms with E-state index in [9.17, 15) is 4.79 Å². The zero-order chi connectivity index (χ0) is 11.6. The Morgan fingerprint density at radius 2 is 1.75 bits per heavy atom. The molecule has 0 bridgehead atoms. The third kappa shape index (κ3) is 2.15. The predicted molar refractivity (Wildman–Crippen MR) is 73.4 cm³/mol. The molecule has 0 heterocycles. The van der Waals surface area contributed by atoms with E-state index in [1.54, 1.807) is 0 Å². The minimum atomic E-state index is 0.0513. The summed E-state index contributed by atoms with van der Waals surface area (Å²) in [5.41, 5.74) is 1.38. The van der Waals surface area contributed by atoms with Crippen LogP contribution in [0.25, 0.3) is 0 Å². The number of rotatable bonds is 2. The smallest absolute Gasteiger partial charge is 0.133 e. The number of hydrogen-bond acceptors (Lipinski definition) is 2. The van der Waals surface area contributed by atoms with Crippen molar-refractivity contribution in [2.75, 3.05) is 7.05 Å². The van der Waals surface area contributed by atoms with Gasteiger partial charge in [0, 0.05) is 35.7 Å². The van der Waals surface area contributed by atoms with E-state index in [0.29, 0.717) is 18.6 Å². The van der Waals surface area contributed by atoms with Gasteiger partial charge in [-0.3, -0.25) is 4.79 Å². The van der Waals surface area contributed by atoms with Gasteiger partial charge in [0.05, 0.1) is 5.54 Å². The Balaban J connectivity index is 2.33. The second-order valence-corrected chi connectivity index (χ2v) is 5.86. The molecule has 1 aromatic rings. The summed E-state index contributed by atoms with van der Waals surface area (Å²) in [4.78, 5) is 11.4. The molecule has 0 N–H and O–H groups in total. The van der Waals surface area contributed by atoms with Crippen LogP contribution in [-0.2, 0) is 10.3 Å². The summed E-state index contributed by atoms with van der Waals surface area (Å²) < 4.78 is 2.24. The van der Waals surface area contributed by atoms with Gasteiger partial charge in [-0.1, -0.05) is 30.3 Å². The lowest BCUT2D eigenvalue weighted by atomic mass is 9.76. The minimum Gasteiger partial charge on any atom is -0.300 e. The number of nitrogens with zero attached hydrogens (tertiary/aromatic N) is 1. The van der Waals surface area contributed by atoms with Crippen LogP contribution in [0.2, 0.25) is 0 Å². The molecular weight excluding hydrogens is 313 g/mol. The van der Waals surface area contributed by atoms with Gasteiger partial charge >= 0.3 is 0 Å². The van der Waals surface area contributed by atoms with Crippen molar-refractivity contribution in [3.63, 3.8) is 0 Å². The number of hydrogen-bond donors (Lipinski definition) is 0. The third-order valence-electron chi connectivity index (χ3n) is 3.54. The van der Waals surface area contributed by atoms with Gasteiger partial charge in [0.1, 0.15) is 5.78 Å².